The number of hydrogen-bond acceptors (Lipinski definition) is 5. The van der Waals surface area contributed by atoms with Crippen LogP contribution in [-0.4, -0.2) is 37.4 Å². The molecule has 0 radical (unpaired) electrons. The lowest BCUT2D eigenvalue weighted by atomic mass is 9.91. The van der Waals surface area contributed by atoms with E-state index in [4.69, 9.17) is 0 Å². The predicted molar refractivity (Wildman–Crippen MR) is 111 cm³/mol. The Balaban J connectivity index is 1.56. The van der Waals surface area contributed by atoms with Crippen LogP contribution in [0.4, 0.5) is 10.2 Å². The van der Waals surface area contributed by atoms with E-state index < -0.39 is 0 Å². The van der Waals surface area contributed by atoms with Gasteiger partial charge in [-0.3, -0.25) is 0 Å². The maximum atomic E-state index is 13.8. The van der Waals surface area contributed by atoms with Crippen molar-refractivity contribution in [1.29, 1.82) is 0 Å². The normalized spacial score (nSPS) is 17.1. The van der Waals surface area contributed by atoms with E-state index in [0.29, 0.717) is 18.0 Å². The van der Waals surface area contributed by atoms with E-state index in [1.807, 2.05) is 29.2 Å². The van der Waals surface area contributed by atoms with Gasteiger partial charge in [0, 0.05) is 18.4 Å². The van der Waals surface area contributed by atoms with Crippen LogP contribution in [0.15, 0.2) is 84.5 Å². The van der Waals surface area contributed by atoms with Gasteiger partial charge in [-0.1, -0.05) is 30.3 Å². The van der Waals surface area contributed by atoms with Gasteiger partial charge < -0.3 is 15.2 Å². The van der Waals surface area contributed by atoms with Gasteiger partial charge in [0.1, 0.15) is 17.7 Å². The first-order valence-corrected chi connectivity index (χ1v) is 9.42. The molecule has 144 valence electrons. The van der Waals surface area contributed by atoms with Crippen LogP contribution in [0.25, 0.3) is 16.7 Å². The number of aromatic amines is 1. The number of fused-ring (bicyclic) bond motifs is 2. The summed E-state index contributed by atoms with van der Waals surface area (Å²) in [5, 5.41) is 3.49. The van der Waals surface area contributed by atoms with E-state index in [2.05, 4.69) is 50.4 Å². The molecule has 7 heteroatoms. The molecule has 0 spiro atoms. The number of nitrogens with zero attached hydrogens (tertiary/aromatic N) is 4. The number of imidazole rings is 1. The molecular weight excluding hydrogens is 367 g/mol. The van der Waals surface area contributed by atoms with E-state index in [9.17, 15) is 4.39 Å². The third-order valence-electron chi connectivity index (χ3n) is 5.17. The first-order valence-electron chi connectivity index (χ1n) is 9.42. The molecule has 0 saturated carbocycles. The molecule has 0 saturated heterocycles. The summed E-state index contributed by atoms with van der Waals surface area (Å²) < 4.78 is 13.8. The van der Waals surface area contributed by atoms with Crippen molar-refractivity contribution in [2.45, 2.75) is 13.0 Å². The fraction of sp³-hybridized carbons (Fsp3) is 0.136. The smallest absolute Gasteiger partial charge is 0.182 e. The molecule has 1 aromatic carbocycles. The number of benzene rings is 1. The molecule has 6 nitrogen and oxygen atoms in total. The number of nitrogens with one attached hydrogen (secondary N) is 2. The van der Waals surface area contributed by atoms with Crippen LogP contribution in [0.3, 0.4) is 0 Å². The van der Waals surface area contributed by atoms with Gasteiger partial charge in [-0.2, -0.15) is 0 Å². The standard InChI is InChI=1S/C22H19FN6/c1-14(28-22-20-21(25-12-24-20)26-13-27-22)18-9-17-8-7-16(23)10-29(17)11-19(18)15-5-3-2-4-6-15/h2-10,12-14H,11H2,1H3,(H2,24,25,26,27,28). The Morgan fingerprint density at radius 3 is 2.86 bits per heavy atom. The molecule has 3 aromatic rings. The summed E-state index contributed by atoms with van der Waals surface area (Å²) in [5.41, 5.74) is 5.75. The summed E-state index contributed by atoms with van der Waals surface area (Å²) in [4.78, 5) is 17.8. The van der Waals surface area contributed by atoms with Crippen molar-refractivity contribution in [1.82, 2.24) is 24.8 Å². The van der Waals surface area contributed by atoms with Crippen LogP contribution < -0.4 is 5.32 Å². The molecule has 1 unspecified atom stereocenters. The fourth-order valence-corrected chi connectivity index (χ4v) is 3.74. The van der Waals surface area contributed by atoms with E-state index in [1.165, 1.54) is 12.4 Å². The third-order valence-corrected chi connectivity index (χ3v) is 5.17. The van der Waals surface area contributed by atoms with Crippen molar-refractivity contribution in [3.05, 3.63) is 90.1 Å². The average Bonchev–Trinajstić information content (AvgIpc) is 3.23. The second-order valence-electron chi connectivity index (χ2n) is 7.03. The van der Waals surface area contributed by atoms with E-state index in [-0.39, 0.29) is 11.9 Å². The Bertz CT molecular complexity index is 1190. The Morgan fingerprint density at radius 2 is 2.00 bits per heavy atom. The second kappa shape index (κ2) is 7.01. The summed E-state index contributed by atoms with van der Waals surface area (Å²) in [7, 11) is 0. The van der Waals surface area contributed by atoms with E-state index in [1.54, 1.807) is 12.5 Å². The Hall–Kier alpha value is -3.74. The van der Waals surface area contributed by atoms with Crippen molar-refractivity contribution < 1.29 is 4.39 Å². The van der Waals surface area contributed by atoms with Gasteiger partial charge in [0.25, 0.3) is 0 Å². The second-order valence-corrected chi connectivity index (χ2v) is 7.03. The summed E-state index contributed by atoms with van der Waals surface area (Å²) in [5.74, 6) is 0.456. The van der Waals surface area contributed by atoms with Crippen LogP contribution in [0.2, 0.25) is 0 Å². The number of anilines is 1. The molecule has 2 N–H and O–H groups in total. The molecule has 0 bridgehead atoms. The molecule has 2 aliphatic heterocycles. The maximum Gasteiger partial charge on any atom is 0.182 e. The zero-order valence-corrected chi connectivity index (χ0v) is 15.8. The van der Waals surface area contributed by atoms with Crippen molar-refractivity contribution >= 4 is 22.6 Å². The number of H-pyrrole nitrogens is 1. The Labute approximate surface area is 167 Å². The lowest BCUT2D eigenvalue weighted by molar-refractivity contribution is 0.495. The van der Waals surface area contributed by atoms with Gasteiger partial charge in [-0.25, -0.2) is 19.3 Å². The summed E-state index contributed by atoms with van der Waals surface area (Å²) in [6.07, 6.45) is 10.1. The first kappa shape index (κ1) is 17.4. The zero-order valence-electron chi connectivity index (χ0n) is 15.8. The number of aromatic nitrogens is 4. The van der Waals surface area contributed by atoms with Gasteiger partial charge in [0.15, 0.2) is 11.5 Å². The lowest BCUT2D eigenvalue weighted by Crippen LogP contribution is -2.29. The molecule has 0 aliphatic carbocycles. The lowest BCUT2D eigenvalue weighted by Gasteiger charge is -2.33. The molecular formula is C22H19FN6. The number of rotatable bonds is 4. The summed E-state index contributed by atoms with van der Waals surface area (Å²) in [6, 6.07) is 10.2. The fourth-order valence-electron chi connectivity index (χ4n) is 3.74. The highest BCUT2D eigenvalue weighted by atomic mass is 19.1. The minimum atomic E-state index is -0.244. The SMILES string of the molecule is CC(Nc1ncnc2nc[nH]c12)C1=C(c2ccccc2)CN2C=C(F)C=CC2=C1. The molecule has 0 amide bonds. The zero-order chi connectivity index (χ0) is 19.8. The van der Waals surface area contributed by atoms with Gasteiger partial charge >= 0.3 is 0 Å². The van der Waals surface area contributed by atoms with Crippen molar-refractivity contribution in [3.63, 3.8) is 0 Å². The average molecular weight is 386 g/mol. The predicted octanol–water partition coefficient (Wildman–Crippen LogP) is 4.19. The number of halogens is 1. The topological polar surface area (TPSA) is 69.7 Å². The van der Waals surface area contributed by atoms with Crippen LogP contribution in [0, 0.1) is 0 Å². The molecule has 1 atom stereocenters. The van der Waals surface area contributed by atoms with Crippen molar-refractivity contribution in [3.8, 4) is 0 Å². The highest BCUT2D eigenvalue weighted by Gasteiger charge is 2.24. The van der Waals surface area contributed by atoms with Crippen LogP contribution >= 0.6 is 0 Å². The summed E-state index contributed by atoms with van der Waals surface area (Å²) >= 11 is 0. The minimum Gasteiger partial charge on any atom is -0.362 e. The molecule has 2 aromatic heterocycles. The van der Waals surface area contributed by atoms with Crippen molar-refractivity contribution in [2.75, 3.05) is 11.9 Å². The Morgan fingerprint density at radius 1 is 1.14 bits per heavy atom. The van der Waals surface area contributed by atoms with Crippen molar-refractivity contribution in [2.24, 2.45) is 0 Å². The minimum absolute atomic E-state index is 0.0367. The Kier molecular flexibility index (Phi) is 4.20. The quantitative estimate of drug-likeness (QED) is 0.704. The summed E-state index contributed by atoms with van der Waals surface area (Å²) in [6.45, 7) is 2.69. The van der Waals surface area contributed by atoms with Gasteiger partial charge in [-0.05, 0) is 41.9 Å². The molecule has 29 heavy (non-hydrogen) atoms. The molecule has 4 heterocycles. The van der Waals surface area contributed by atoms with Gasteiger partial charge in [0.2, 0.25) is 0 Å². The number of allylic oxidation sites excluding steroid dienone is 3. The highest BCUT2D eigenvalue weighted by Crippen LogP contribution is 2.34. The molecule has 5 rings (SSSR count). The number of hydrogen-bond donors (Lipinski definition) is 2. The molecule has 0 fully saturated rings. The van der Waals surface area contributed by atoms with Crippen LogP contribution in [0.5, 0.6) is 0 Å². The third kappa shape index (κ3) is 3.20. The van der Waals surface area contributed by atoms with Gasteiger partial charge in [-0.15, -0.1) is 0 Å². The van der Waals surface area contributed by atoms with Gasteiger partial charge in [0.05, 0.1) is 12.4 Å². The monoisotopic (exact) mass is 386 g/mol. The molecule has 2 aliphatic rings. The van der Waals surface area contributed by atoms with Crippen LogP contribution in [0.1, 0.15) is 12.5 Å². The highest BCUT2D eigenvalue weighted by molar-refractivity contribution is 5.83. The first-order chi connectivity index (χ1) is 14.2. The van der Waals surface area contributed by atoms with Crippen LogP contribution in [-0.2, 0) is 0 Å². The maximum absolute atomic E-state index is 13.8. The van der Waals surface area contributed by atoms with E-state index in [0.717, 1.165) is 27.9 Å². The van der Waals surface area contributed by atoms with E-state index >= 15 is 0 Å². The largest absolute Gasteiger partial charge is 0.362 e.